The Kier molecular flexibility index (Phi) is 5.18. The summed E-state index contributed by atoms with van der Waals surface area (Å²) in [5.41, 5.74) is 2.83. The van der Waals surface area contributed by atoms with Crippen LogP contribution in [0.4, 0.5) is 0 Å². The van der Waals surface area contributed by atoms with Gasteiger partial charge in [0.1, 0.15) is 0 Å². The number of hydrogen-bond donors (Lipinski definition) is 1. The van der Waals surface area contributed by atoms with Crippen molar-refractivity contribution in [1.29, 1.82) is 0 Å². The molecule has 0 saturated carbocycles. The fourth-order valence-corrected chi connectivity index (χ4v) is 2.43. The summed E-state index contributed by atoms with van der Waals surface area (Å²) in [6.45, 7) is 10.7. The van der Waals surface area contributed by atoms with Crippen molar-refractivity contribution in [3.8, 4) is 0 Å². The second-order valence-electron chi connectivity index (χ2n) is 6.65. The Hall–Kier alpha value is -1.61. The predicted molar refractivity (Wildman–Crippen MR) is 88.5 cm³/mol. The molecule has 0 saturated heterocycles. The molecule has 2 rings (SSSR count). The topological polar surface area (TPSA) is 29.9 Å². The maximum atomic E-state index is 4.39. The van der Waals surface area contributed by atoms with E-state index in [0.717, 1.165) is 19.5 Å². The highest BCUT2D eigenvalue weighted by Crippen LogP contribution is 2.21. The lowest BCUT2D eigenvalue weighted by Gasteiger charge is -2.25. The maximum absolute atomic E-state index is 4.39. The van der Waals surface area contributed by atoms with Gasteiger partial charge >= 0.3 is 0 Å². The molecular weight excluding hydrogens is 258 g/mol. The predicted octanol–water partition coefficient (Wildman–Crippen LogP) is 3.62. The van der Waals surface area contributed by atoms with E-state index in [1.807, 2.05) is 10.9 Å². The van der Waals surface area contributed by atoms with E-state index in [0.29, 0.717) is 5.92 Å². The van der Waals surface area contributed by atoms with Crippen molar-refractivity contribution >= 4 is 0 Å². The Morgan fingerprint density at radius 3 is 2.48 bits per heavy atom. The van der Waals surface area contributed by atoms with Crippen molar-refractivity contribution in [1.82, 2.24) is 15.1 Å². The smallest absolute Gasteiger partial charge is 0.0521 e. The number of rotatable bonds is 6. The van der Waals surface area contributed by atoms with E-state index >= 15 is 0 Å². The minimum absolute atomic E-state index is 0.140. The van der Waals surface area contributed by atoms with E-state index in [9.17, 15) is 0 Å². The quantitative estimate of drug-likeness (QED) is 0.878. The second-order valence-corrected chi connectivity index (χ2v) is 6.65. The minimum atomic E-state index is 0.140. The first-order valence-electron chi connectivity index (χ1n) is 7.79. The standard InChI is InChI=1S/C18H27N3/c1-5-21-14-15(12-20-21)11-17(13-19-18(2,3)4)16-9-7-6-8-10-16/h6-10,12,14,17,19H,5,11,13H2,1-4H3. The van der Waals surface area contributed by atoms with Gasteiger partial charge in [-0.2, -0.15) is 5.10 Å². The third kappa shape index (κ3) is 5.01. The molecular formula is C18H27N3. The van der Waals surface area contributed by atoms with Crippen molar-refractivity contribution in [3.05, 3.63) is 53.9 Å². The van der Waals surface area contributed by atoms with E-state index in [1.54, 1.807) is 0 Å². The molecule has 2 aromatic rings. The summed E-state index contributed by atoms with van der Waals surface area (Å²) in [6, 6.07) is 10.8. The Morgan fingerprint density at radius 1 is 1.19 bits per heavy atom. The summed E-state index contributed by atoms with van der Waals surface area (Å²) in [6.07, 6.45) is 5.18. The molecule has 1 N–H and O–H groups in total. The highest BCUT2D eigenvalue weighted by atomic mass is 15.3. The van der Waals surface area contributed by atoms with Crippen LogP contribution in [-0.4, -0.2) is 21.9 Å². The van der Waals surface area contributed by atoms with Crippen molar-refractivity contribution < 1.29 is 0 Å². The fourth-order valence-electron chi connectivity index (χ4n) is 2.43. The van der Waals surface area contributed by atoms with Crippen LogP contribution in [0.3, 0.4) is 0 Å². The van der Waals surface area contributed by atoms with Crippen LogP contribution in [0, 0.1) is 0 Å². The molecule has 1 aromatic carbocycles. The van der Waals surface area contributed by atoms with Crippen LogP contribution >= 0.6 is 0 Å². The molecule has 0 amide bonds. The molecule has 0 aliphatic rings. The first kappa shape index (κ1) is 15.8. The van der Waals surface area contributed by atoms with Crippen LogP contribution in [0.5, 0.6) is 0 Å². The molecule has 0 bridgehead atoms. The van der Waals surface area contributed by atoms with Crippen molar-refractivity contribution in [3.63, 3.8) is 0 Å². The molecule has 0 aliphatic heterocycles. The number of aryl methyl sites for hydroxylation is 1. The van der Waals surface area contributed by atoms with Gasteiger partial charge in [0.15, 0.2) is 0 Å². The Bertz CT molecular complexity index is 537. The Morgan fingerprint density at radius 2 is 1.90 bits per heavy atom. The summed E-state index contributed by atoms with van der Waals surface area (Å²) in [5.74, 6) is 0.472. The number of nitrogens with zero attached hydrogens (tertiary/aromatic N) is 2. The summed E-state index contributed by atoms with van der Waals surface area (Å²) in [5, 5.41) is 8.02. The van der Waals surface area contributed by atoms with Gasteiger partial charge < -0.3 is 5.32 Å². The summed E-state index contributed by atoms with van der Waals surface area (Å²) in [7, 11) is 0. The zero-order chi connectivity index (χ0) is 15.3. The van der Waals surface area contributed by atoms with Gasteiger partial charge in [-0.3, -0.25) is 4.68 Å². The lowest BCUT2D eigenvalue weighted by Crippen LogP contribution is -2.39. The molecule has 1 atom stereocenters. The largest absolute Gasteiger partial charge is 0.311 e. The maximum Gasteiger partial charge on any atom is 0.0521 e. The zero-order valence-electron chi connectivity index (χ0n) is 13.6. The molecule has 114 valence electrons. The molecule has 1 aromatic heterocycles. The highest BCUT2D eigenvalue weighted by Gasteiger charge is 2.17. The lowest BCUT2D eigenvalue weighted by atomic mass is 9.92. The van der Waals surface area contributed by atoms with E-state index in [2.05, 4.69) is 74.6 Å². The van der Waals surface area contributed by atoms with E-state index in [-0.39, 0.29) is 5.54 Å². The van der Waals surface area contributed by atoms with Crippen LogP contribution in [0.15, 0.2) is 42.7 Å². The molecule has 0 aliphatic carbocycles. The van der Waals surface area contributed by atoms with Crippen molar-refractivity contribution in [2.75, 3.05) is 6.54 Å². The molecule has 3 heteroatoms. The lowest BCUT2D eigenvalue weighted by molar-refractivity contribution is 0.405. The average molecular weight is 285 g/mol. The average Bonchev–Trinajstić information content (AvgIpc) is 2.91. The molecule has 0 radical (unpaired) electrons. The van der Waals surface area contributed by atoms with E-state index in [1.165, 1.54) is 11.1 Å². The van der Waals surface area contributed by atoms with Gasteiger partial charge in [-0.25, -0.2) is 0 Å². The van der Waals surface area contributed by atoms with Gasteiger partial charge in [-0.05, 0) is 45.2 Å². The van der Waals surface area contributed by atoms with Crippen LogP contribution < -0.4 is 5.32 Å². The van der Waals surface area contributed by atoms with Gasteiger partial charge in [0.25, 0.3) is 0 Å². The number of hydrogen-bond acceptors (Lipinski definition) is 2. The zero-order valence-corrected chi connectivity index (χ0v) is 13.6. The van der Waals surface area contributed by atoms with Crippen LogP contribution in [-0.2, 0) is 13.0 Å². The van der Waals surface area contributed by atoms with Gasteiger partial charge in [0, 0.05) is 30.7 Å². The monoisotopic (exact) mass is 285 g/mol. The Balaban J connectivity index is 2.11. The second kappa shape index (κ2) is 6.90. The number of aromatic nitrogens is 2. The van der Waals surface area contributed by atoms with Crippen molar-refractivity contribution in [2.24, 2.45) is 0 Å². The first-order chi connectivity index (χ1) is 9.98. The van der Waals surface area contributed by atoms with Crippen molar-refractivity contribution in [2.45, 2.75) is 52.1 Å². The van der Waals surface area contributed by atoms with E-state index in [4.69, 9.17) is 0 Å². The highest BCUT2D eigenvalue weighted by molar-refractivity contribution is 5.23. The molecule has 3 nitrogen and oxygen atoms in total. The molecule has 0 spiro atoms. The molecule has 1 heterocycles. The summed E-state index contributed by atoms with van der Waals surface area (Å²) >= 11 is 0. The van der Waals surface area contributed by atoms with Gasteiger partial charge in [0.2, 0.25) is 0 Å². The SMILES string of the molecule is CCn1cc(CC(CNC(C)(C)C)c2ccccc2)cn1. The first-order valence-corrected chi connectivity index (χ1v) is 7.79. The molecule has 0 fully saturated rings. The normalized spacial score (nSPS) is 13.3. The Labute approximate surface area is 128 Å². The molecule has 1 unspecified atom stereocenters. The number of benzene rings is 1. The third-order valence-corrected chi connectivity index (χ3v) is 3.64. The van der Waals surface area contributed by atoms with E-state index < -0.39 is 0 Å². The van der Waals surface area contributed by atoms with Gasteiger partial charge in [0.05, 0.1) is 6.20 Å². The summed E-state index contributed by atoms with van der Waals surface area (Å²) in [4.78, 5) is 0. The van der Waals surface area contributed by atoms with Gasteiger partial charge in [-0.1, -0.05) is 30.3 Å². The third-order valence-electron chi connectivity index (χ3n) is 3.64. The van der Waals surface area contributed by atoms with Gasteiger partial charge in [-0.15, -0.1) is 0 Å². The fraction of sp³-hybridized carbons (Fsp3) is 0.500. The van der Waals surface area contributed by atoms with Crippen LogP contribution in [0.25, 0.3) is 0 Å². The minimum Gasteiger partial charge on any atom is -0.311 e. The molecule has 21 heavy (non-hydrogen) atoms. The van der Waals surface area contributed by atoms with Crippen LogP contribution in [0.2, 0.25) is 0 Å². The van der Waals surface area contributed by atoms with Crippen LogP contribution in [0.1, 0.15) is 44.7 Å². The summed E-state index contributed by atoms with van der Waals surface area (Å²) < 4.78 is 1.99. The number of nitrogens with one attached hydrogen (secondary N) is 1.